The molecule has 0 saturated carbocycles. The fraction of sp³-hybridized carbons (Fsp3) is 0.733. The summed E-state index contributed by atoms with van der Waals surface area (Å²) < 4.78 is 7.37. The van der Waals surface area contributed by atoms with Crippen molar-refractivity contribution >= 4 is 5.97 Å². The maximum atomic E-state index is 12.5. The molecule has 0 bridgehead atoms. The first-order valence-electron chi connectivity index (χ1n) is 7.78. The highest BCUT2D eigenvalue weighted by Crippen LogP contribution is 2.25. The summed E-state index contributed by atoms with van der Waals surface area (Å²) in [5, 5.41) is 3.37. The molecule has 1 atom stereocenters. The number of hydrogen-bond acceptors (Lipinski definition) is 5. The van der Waals surface area contributed by atoms with E-state index >= 15 is 0 Å². The van der Waals surface area contributed by atoms with E-state index in [1.807, 2.05) is 6.92 Å². The van der Waals surface area contributed by atoms with Crippen LogP contribution in [0, 0.1) is 0 Å². The van der Waals surface area contributed by atoms with Gasteiger partial charge in [-0.25, -0.2) is 9.78 Å². The number of nitrogens with zero attached hydrogens (tertiary/aromatic N) is 3. The minimum Gasteiger partial charge on any atom is -0.465 e. The summed E-state index contributed by atoms with van der Waals surface area (Å²) in [6, 6.07) is -0.0979. The molecule has 1 N–H and O–H groups in total. The highest BCUT2D eigenvalue weighted by molar-refractivity contribution is 5.77. The molecule has 1 aromatic heterocycles. The topological polar surface area (TPSA) is 59.4 Å². The highest BCUT2D eigenvalue weighted by atomic mass is 16.5. The van der Waals surface area contributed by atoms with E-state index in [4.69, 9.17) is 4.74 Å². The smallest absolute Gasteiger partial charge is 0.329 e. The molecule has 2 heterocycles. The fourth-order valence-corrected chi connectivity index (χ4v) is 2.76. The number of ether oxygens (including phenoxy) is 1. The van der Waals surface area contributed by atoms with Crippen molar-refractivity contribution in [3.63, 3.8) is 0 Å². The van der Waals surface area contributed by atoms with Crippen molar-refractivity contribution in [2.45, 2.75) is 39.3 Å². The van der Waals surface area contributed by atoms with E-state index in [1.54, 1.807) is 12.5 Å². The Morgan fingerprint density at radius 2 is 2.24 bits per heavy atom. The third-order valence-electron chi connectivity index (χ3n) is 3.78. The van der Waals surface area contributed by atoms with Gasteiger partial charge < -0.3 is 14.6 Å². The lowest BCUT2D eigenvalue weighted by atomic mass is 10.1. The molecule has 1 aliphatic heterocycles. The Bertz CT molecular complexity index is 450. The van der Waals surface area contributed by atoms with E-state index in [-0.39, 0.29) is 18.1 Å². The summed E-state index contributed by atoms with van der Waals surface area (Å²) in [5.74, 6) is -0.179. The van der Waals surface area contributed by atoms with Gasteiger partial charge in [0.2, 0.25) is 0 Å². The van der Waals surface area contributed by atoms with E-state index in [0.717, 1.165) is 38.3 Å². The van der Waals surface area contributed by atoms with Crippen molar-refractivity contribution in [2.24, 2.45) is 0 Å². The summed E-state index contributed by atoms with van der Waals surface area (Å²) in [5.41, 5.74) is 0.922. The second-order valence-electron chi connectivity index (χ2n) is 5.61. The van der Waals surface area contributed by atoms with Crippen LogP contribution in [0.5, 0.6) is 0 Å². The average molecular weight is 294 g/mol. The molecule has 1 unspecified atom stereocenters. The summed E-state index contributed by atoms with van der Waals surface area (Å²) >= 11 is 0. The number of imidazole rings is 1. The monoisotopic (exact) mass is 294 g/mol. The summed E-state index contributed by atoms with van der Waals surface area (Å²) in [4.78, 5) is 18.9. The Morgan fingerprint density at radius 1 is 1.43 bits per heavy atom. The van der Waals surface area contributed by atoms with Crippen LogP contribution in [0.25, 0.3) is 0 Å². The van der Waals surface area contributed by atoms with Gasteiger partial charge in [0.25, 0.3) is 0 Å². The van der Waals surface area contributed by atoms with Crippen LogP contribution in [0.2, 0.25) is 0 Å². The molecular formula is C15H26N4O2. The molecule has 6 heteroatoms. The molecular weight excluding hydrogens is 268 g/mol. The van der Waals surface area contributed by atoms with Crippen molar-refractivity contribution in [1.29, 1.82) is 0 Å². The lowest BCUT2D eigenvalue weighted by Gasteiger charge is -2.29. The minimum atomic E-state index is -0.366. The molecule has 0 aliphatic carbocycles. The van der Waals surface area contributed by atoms with Crippen LogP contribution in [0.4, 0.5) is 0 Å². The van der Waals surface area contributed by atoms with Crippen molar-refractivity contribution in [3.05, 3.63) is 18.2 Å². The SMILES string of the molecule is CCOC(=O)C(c1cncn1C(C)C)N1CCCNCC1. The van der Waals surface area contributed by atoms with Crippen molar-refractivity contribution in [2.75, 3.05) is 32.8 Å². The van der Waals surface area contributed by atoms with Crippen LogP contribution >= 0.6 is 0 Å². The number of rotatable bonds is 5. The Hall–Kier alpha value is -1.40. The summed E-state index contributed by atoms with van der Waals surface area (Å²) in [7, 11) is 0. The number of aromatic nitrogens is 2. The van der Waals surface area contributed by atoms with Gasteiger partial charge in [0.1, 0.15) is 0 Å². The van der Waals surface area contributed by atoms with Gasteiger partial charge in [0.05, 0.1) is 24.8 Å². The number of carbonyl (C=O) groups excluding carboxylic acids is 1. The standard InChI is InChI=1S/C15H26N4O2/c1-4-21-15(20)14(18-8-5-6-16-7-9-18)13-10-17-11-19(13)12(2)3/h10-12,14,16H,4-9H2,1-3H3. The van der Waals surface area contributed by atoms with Gasteiger partial charge in [-0.05, 0) is 33.7 Å². The van der Waals surface area contributed by atoms with Crippen molar-refractivity contribution in [3.8, 4) is 0 Å². The Kier molecular flexibility index (Phi) is 5.76. The van der Waals surface area contributed by atoms with Crippen LogP contribution in [0.15, 0.2) is 12.5 Å². The van der Waals surface area contributed by atoms with E-state index in [9.17, 15) is 4.79 Å². The average Bonchev–Trinajstić information content (AvgIpc) is 2.76. The van der Waals surface area contributed by atoms with Crippen LogP contribution in [0.3, 0.4) is 0 Å². The Balaban J connectivity index is 2.30. The van der Waals surface area contributed by atoms with Gasteiger partial charge in [0.15, 0.2) is 6.04 Å². The van der Waals surface area contributed by atoms with E-state index in [2.05, 4.69) is 33.6 Å². The second kappa shape index (κ2) is 7.56. The molecule has 1 saturated heterocycles. The number of carbonyl (C=O) groups is 1. The molecule has 1 fully saturated rings. The van der Waals surface area contributed by atoms with Gasteiger partial charge in [-0.2, -0.15) is 0 Å². The van der Waals surface area contributed by atoms with Crippen molar-refractivity contribution in [1.82, 2.24) is 19.8 Å². The van der Waals surface area contributed by atoms with Gasteiger partial charge in [-0.3, -0.25) is 4.90 Å². The van der Waals surface area contributed by atoms with Crippen LogP contribution in [-0.2, 0) is 9.53 Å². The van der Waals surface area contributed by atoms with Gasteiger partial charge in [0, 0.05) is 25.7 Å². The summed E-state index contributed by atoms with van der Waals surface area (Å²) in [6.45, 7) is 10.1. The first-order chi connectivity index (χ1) is 10.1. The molecule has 2 rings (SSSR count). The quantitative estimate of drug-likeness (QED) is 0.831. The first-order valence-corrected chi connectivity index (χ1v) is 7.78. The normalized spacial score (nSPS) is 18.5. The highest BCUT2D eigenvalue weighted by Gasteiger charge is 2.32. The largest absolute Gasteiger partial charge is 0.465 e. The second-order valence-corrected chi connectivity index (χ2v) is 5.61. The van der Waals surface area contributed by atoms with Crippen LogP contribution in [-0.4, -0.2) is 53.2 Å². The molecule has 1 aliphatic rings. The number of nitrogens with one attached hydrogen (secondary N) is 1. The Morgan fingerprint density at radius 3 is 2.95 bits per heavy atom. The predicted molar refractivity (Wildman–Crippen MR) is 81.0 cm³/mol. The maximum Gasteiger partial charge on any atom is 0.329 e. The zero-order valence-corrected chi connectivity index (χ0v) is 13.2. The number of hydrogen-bond donors (Lipinski definition) is 1. The molecule has 0 aromatic carbocycles. The van der Waals surface area contributed by atoms with Gasteiger partial charge >= 0.3 is 5.97 Å². The van der Waals surface area contributed by atoms with Gasteiger partial charge in [-0.15, -0.1) is 0 Å². The number of esters is 1. The molecule has 6 nitrogen and oxygen atoms in total. The van der Waals surface area contributed by atoms with E-state index in [0.29, 0.717) is 6.61 Å². The predicted octanol–water partition coefficient (Wildman–Crippen LogP) is 1.36. The Labute approximate surface area is 126 Å². The third kappa shape index (κ3) is 3.83. The van der Waals surface area contributed by atoms with E-state index < -0.39 is 0 Å². The van der Waals surface area contributed by atoms with E-state index in [1.165, 1.54) is 0 Å². The summed E-state index contributed by atoms with van der Waals surface area (Å²) in [6.07, 6.45) is 4.62. The molecule has 21 heavy (non-hydrogen) atoms. The molecule has 0 amide bonds. The van der Waals surface area contributed by atoms with Crippen molar-refractivity contribution < 1.29 is 9.53 Å². The molecule has 118 valence electrons. The fourth-order valence-electron chi connectivity index (χ4n) is 2.76. The van der Waals surface area contributed by atoms with Crippen LogP contribution < -0.4 is 5.32 Å². The molecule has 1 aromatic rings. The maximum absolute atomic E-state index is 12.5. The third-order valence-corrected chi connectivity index (χ3v) is 3.78. The zero-order valence-electron chi connectivity index (χ0n) is 13.2. The minimum absolute atomic E-state index is 0.179. The molecule has 0 spiro atoms. The molecule has 0 radical (unpaired) electrons. The lowest BCUT2D eigenvalue weighted by Crippen LogP contribution is -2.38. The zero-order chi connectivity index (χ0) is 15.2. The first kappa shape index (κ1) is 16.0. The lowest BCUT2D eigenvalue weighted by molar-refractivity contribution is -0.150. The van der Waals surface area contributed by atoms with Crippen LogP contribution in [0.1, 0.15) is 45.0 Å². The van der Waals surface area contributed by atoms with Gasteiger partial charge in [-0.1, -0.05) is 0 Å².